The molecule has 14 heavy (non-hydrogen) atoms. The molecule has 1 aromatic rings. The number of hydrogen-bond donors (Lipinski definition) is 3. The van der Waals surface area contributed by atoms with Crippen molar-refractivity contribution >= 4 is 5.97 Å². The molecule has 0 aliphatic heterocycles. The van der Waals surface area contributed by atoms with Gasteiger partial charge in [0, 0.05) is 11.6 Å². The molecular formula is C9H10FNO3. The molecule has 0 saturated heterocycles. The van der Waals surface area contributed by atoms with E-state index in [0.29, 0.717) is 0 Å². The van der Waals surface area contributed by atoms with Crippen LogP contribution in [0, 0.1) is 5.82 Å². The Morgan fingerprint density at radius 1 is 1.57 bits per heavy atom. The van der Waals surface area contributed by atoms with E-state index >= 15 is 0 Å². The first kappa shape index (κ1) is 10.5. The topological polar surface area (TPSA) is 83.6 Å². The van der Waals surface area contributed by atoms with Crippen LogP contribution in [0.25, 0.3) is 0 Å². The monoisotopic (exact) mass is 199 g/mol. The summed E-state index contributed by atoms with van der Waals surface area (Å²) < 4.78 is 13.1. The number of carbonyl (C=O) groups is 1. The van der Waals surface area contributed by atoms with Gasteiger partial charge in [0.25, 0.3) is 0 Å². The first-order chi connectivity index (χ1) is 6.50. The van der Waals surface area contributed by atoms with Crippen molar-refractivity contribution in [1.82, 2.24) is 0 Å². The zero-order valence-electron chi connectivity index (χ0n) is 7.27. The summed E-state index contributed by atoms with van der Waals surface area (Å²) in [7, 11) is 0. The summed E-state index contributed by atoms with van der Waals surface area (Å²) in [6.45, 7) is 0. The van der Waals surface area contributed by atoms with Gasteiger partial charge in [0.15, 0.2) is 0 Å². The third-order valence-electron chi connectivity index (χ3n) is 1.77. The normalized spacial score (nSPS) is 12.4. The van der Waals surface area contributed by atoms with Crippen LogP contribution in [0.1, 0.15) is 18.0 Å². The summed E-state index contributed by atoms with van der Waals surface area (Å²) in [5, 5.41) is 17.5. The summed E-state index contributed by atoms with van der Waals surface area (Å²) in [5.41, 5.74) is 5.44. The lowest BCUT2D eigenvalue weighted by Crippen LogP contribution is -2.16. The zero-order valence-corrected chi connectivity index (χ0v) is 7.27. The number of carboxylic acids is 1. The van der Waals surface area contributed by atoms with Crippen molar-refractivity contribution in [2.75, 3.05) is 0 Å². The number of nitrogens with two attached hydrogens (primary N) is 1. The fourth-order valence-corrected chi connectivity index (χ4v) is 1.11. The van der Waals surface area contributed by atoms with Gasteiger partial charge in [-0.2, -0.15) is 0 Å². The second-order valence-electron chi connectivity index (χ2n) is 2.91. The number of aliphatic carboxylic acids is 1. The van der Waals surface area contributed by atoms with E-state index in [-0.39, 0.29) is 17.7 Å². The van der Waals surface area contributed by atoms with Crippen molar-refractivity contribution in [3.63, 3.8) is 0 Å². The van der Waals surface area contributed by atoms with Crippen LogP contribution in [0.3, 0.4) is 0 Å². The second-order valence-corrected chi connectivity index (χ2v) is 2.91. The van der Waals surface area contributed by atoms with Crippen LogP contribution in [0.15, 0.2) is 18.2 Å². The molecule has 5 heteroatoms. The van der Waals surface area contributed by atoms with Crippen molar-refractivity contribution in [2.45, 2.75) is 12.5 Å². The number of benzene rings is 1. The van der Waals surface area contributed by atoms with Gasteiger partial charge in [0.2, 0.25) is 0 Å². The van der Waals surface area contributed by atoms with Crippen LogP contribution in [-0.4, -0.2) is 16.2 Å². The smallest absolute Gasteiger partial charge is 0.305 e. The molecule has 0 fully saturated rings. The van der Waals surface area contributed by atoms with Crippen LogP contribution in [0.2, 0.25) is 0 Å². The lowest BCUT2D eigenvalue weighted by molar-refractivity contribution is -0.137. The van der Waals surface area contributed by atoms with Crippen molar-refractivity contribution < 1.29 is 19.4 Å². The number of phenols is 1. The molecule has 0 bridgehead atoms. The Morgan fingerprint density at radius 3 is 2.79 bits per heavy atom. The number of carboxylic acid groups (broad SMARTS) is 1. The molecule has 1 rings (SSSR count). The highest BCUT2D eigenvalue weighted by Crippen LogP contribution is 2.22. The summed E-state index contributed by atoms with van der Waals surface area (Å²) in [6.07, 6.45) is -0.375. The van der Waals surface area contributed by atoms with Crippen LogP contribution in [-0.2, 0) is 4.79 Å². The molecule has 0 heterocycles. The molecule has 1 atom stereocenters. The molecule has 76 valence electrons. The standard InChI is InChI=1S/C9H10FNO3/c10-7-2-1-5(12)3-6(7)8(11)4-9(13)14/h1-3,8,12H,4,11H2,(H,13,14)/t8-/m1/s1. The Bertz CT molecular complexity index is 354. The minimum atomic E-state index is -1.11. The molecule has 0 saturated carbocycles. The predicted molar refractivity (Wildman–Crippen MR) is 47.2 cm³/mol. The maximum atomic E-state index is 13.1. The SMILES string of the molecule is N[C@H](CC(=O)O)c1cc(O)ccc1F. The third-order valence-corrected chi connectivity index (χ3v) is 1.77. The maximum Gasteiger partial charge on any atom is 0.305 e. The molecule has 0 spiro atoms. The highest BCUT2D eigenvalue weighted by Gasteiger charge is 2.15. The average molecular weight is 199 g/mol. The molecule has 1 aromatic carbocycles. The fraction of sp³-hybridized carbons (Fsp3) is 0.222. The first-order valence-electron chi connectivity index (χ1n) is 3.96. The van der Waals surface area contributed by atoms with Gasteiger partial charge in [0.1, 0.15) is 11.6 Å². The highest BCUT2D eigenvalue weighted by atomic mass is 19.1. The molecule has 0 radical (unpaired) electrons. The molecule has 0 amide bonds. The first-order valence-corrected chi connectivity index (χ1v) is 3.96. The van der Waals surface area contributed by atoms with E-state index in [4.69, 9.17) is 15.9 Å². The van der Waals surface area contributed by atoms with E-state index in [1.165, 1.54) is 6.07 Å². The van der Waals surface area contributed by atoms with Gasteiger partial charge >= 0.3 is 5.97 Å². The number of halogens is 1. The van der Waals surface area contributed by atoms with Gasteiger partial charge in [-0.15, -0.1) is 0 Å². The van der Waals surface area contributed by atoms with Gasteiger partial charge in [-0.3, -0.25) is 4.79 Å². The van der Waals surface area contributed by atoms with Gasteiger partial charge in [-0.25, -0.2) is 4.39 Å². The van der Waals surface area contributed by atoms with Gasteiger partial charge in [0.05, 0.1) is 6.42 Å². The minimum absolute atomic E-state index is 0.00685. The lowest BCUT2D eigenvalue weighted by atomic mass is 10.0. The Kier molecular flexibility index (Phi) is 3.03. The van der Waals surface area contributed by atoms with Crippen molar-refractivity contribution in [3.05, 3.63) is 29.6 Å². The quantitative estimate of drug-likeness (QED) is 0.678. The fourth-order valence-electron chi connectivity index (χ4n) is 1.11. The number of rotatable bonds is 3. The molecule has 0 aromatic heterocycles. The van der Waals surface area contributed by atoms with E-state index in [2.05, 4.69) is 0 Å². The van der Waals surface area contributed by atoms with Crippen LogP contribution in [0.5, 0.6) is 5.75 Å². The highest BCUT2D eigenvalue weighted by molar-refractivity contribution is 5.67. The lowest BCUT2D eigenvalue weighted by Gasteiger charge is -2.10. The average Bonchev–Trinajstić information content (AvgIpc) is 2.08. The van der Waals surface area contributed by atoms with Crippen LogP contribution < -0.4 is 5.73 Å². The number of phenolic OH excluding ortho intramolecular Hbond substituents is 1. The van der Waals surface area contributed by atoms with Gasteiger partial charge < -0.3 is 15.9 Å². The van der Waals surface area contributed by atoms with Gasteiger partial charge in [-0.05, 0) is 18.2 Å². The Morgan fingerprint density at radius 2 is 2.21 bits per heavy atom. The van der Waals surface area contributed by atoms with E-state index < -0.39 is 17.8 Å². The van der Waals surface area contributed by atoms with Crippen molar-refractivity contribution in [2.24, 2.45) is 5.73 Å². The summed E-state index contributed by atoms with van der Waals surface area (Å²) in [4.78, 5) is 10.3. The molecule has 0 unspecified atom stereocenters. The molecule has 0 aliphatic rings. The summed E-state index contributed by atoms with van der Waals surface area (Å²) in [5.74, 6) is -1.86. The second kappa shape index (κ2) is 4.06. The Labute approximate surface area is 79.8 Å². The minimum Gasteiger partial charge on any atom is -0.508 e. The molecule has 4 N–H and O–H groups in total. The van der Waals surface area contributed by atoms with Crippen molar-refractivity contribution in [1.29, 1.82) is 0 Å². The van der Waals surface area contributed by atoms with Crippen molar-refractivity contribution in [3.8, 4) is 5.75 Å². The predicted octanol–water partition coefficient (Wildman–Crippen LogP) is 1.01. The van der Waals surface area contributed by atoms with Crippen LogP contribution >= 0.6 is 0 Å². The van der Waals surface area contributed by atoms with E-state index in [9.17, 15) is 9.18 Å². The number of hydrogen-bond acceptors (Lipinski definition) is 3. The third kappa shape index (κ3) is 2.43. The van der Waals surface area contributed by atoms with Crippen LogP contribution in [0.4, 0.5) is 4.39 Å². The van der Waals surface area contributed by atoms with E-state index in [0.717, 1.165) is 12.1 Å². The van der Waals surface area contributed by atoms with E-state index in [1.54, 1.807) is 0 Å². The molecular weight excluding hydrogens is 189 g/mol. The number of aromatic hydroxyl groups is 1. The molecule has 0 aliphatic carbocycles. The maximum absolute atomic E-state index is 13.1. The summed E-state index contributed by atoms with van der Waals surface area (Å²) in [6, 6.07) is 2.40. The zero-order chi connectivity index (χ0) is 10.7. The Balaban J connectivity index is 2.93. The molecule has 4 nitrogen and oxygen atoms in total. The van der Waals surface area contributed by atoms with E-state index in [1.807, 2.05) is 0 Å². The largest absolute Gasteiger partial charge is 0.508 e. The summed E-state index contributed by atoms with van der Waals surface area (Å²) >= 11 is 0. The Hall–Kier alpha value is -1.62. The van der Waals surface area contributed by atoms with Gasteiger partial charge in [-0.1, -0.05) is 0 Å².